The normalized spacial score (nSPS) is 11.7. The predicted octanol–water partition coefficient (Wildman–Crippen LogP) is 11.8. The summed E-state index contributed by atoms with van der Waals surface area (Å²) >= 11 is 0. The van der Waals surface area contributed by atoms with Crippen LogP contribution < -0.4 is 0 Å². The zero-order valence-electron chi connectivity index (χ0n) is 27.0. The Morgan fingerprint density at radius 2 is 1.06 bits per heavy atom. The van der Waals surface area contributed by atoms with Crippen molar-refractivity contribution >= 4 is 54.3 Å². The molecule has 0 N–H and O–H groups in total. The van der Waals surface area contributed by atoms with E-state index in [1.165, 1.54) is 32.5 Å². The summed E-state index contributed by atoms with van der Waals surface area (Å²) in [4.78, 5) is 15.4. The number of hydrogen-bond acceptors (Lipinski definition) is 4. The second kappa shape index (κ2) is 11.5. The molecule has 0 bridgehead atoms. The minimum absolute atomic E-state index is 0.486. The van der Waals surface area contributed by atoms with Crippen LogP contribution in [0.25, 0.3) is 88.2 Å². The lowest BCUT2D eigenvalue weighted by molar-refractivity contribution is 0.668. The molecule has 0 saturated carbocycles. The molecule has 0 fully saturated rings. The largest absolute Gasteiger partial charge is 0.456 e. The number of aromatic nitrogens is 3. The van der Waals surface area contributed by atoms with Crippen LogP contribution in [0, 0.1) is 0 Å². The maximum absolute atomic E-state index is 6.45. The van der Waals surface area contributed by atoms with Crippen molar-refractivity contribution in [2.45, 2.75) is 6.42 Å². The fourth-order valence-corrected chi connectivity index (χ4v) is 7.43. The summed E-state index contributed by atoms with van der Waals surface area (Å²) in [6.45, 7) is 0. The van der Waals surface area contributed by atoms with E-state index in [9.17, 15) is 0 Å². The Hall–Kier alpha value is -6.65. The van der Waals surface area contributed by atoms with Crippen LogP contribution >= 0.6 is 0 Å². The Bertz CT molecular complexity index is 2910. The number of para-hydroxylation sites is 1. The van der Waals surface area contributed by atoms with Gasteiger partial charge in [0.05, 0.1) is 0 Å². The van der Waals surface area contributed by atoms with Crippen molar-refractivity contribution in [3.05, 3.63) is 175 Å². The molecule has 8 aromatic carbocycles. The highest BCUT2D eigenvalue weighted by atomic mass is 16.3. The Morgan fingerprint density at radius 3 is 1.90 bits per heavy atom. The Labute approximate surface area is 288 Å². The first-order valence-electron chi connectivity index (χ1n) is 16.9. The second-order valence-electron chi connectivity index (χ2n) is 12.8. The van der Waals surface area contributed by atoms with Gasteiger partial charge in [-0.3, -0.25) is 0 Å². The van der Waals surface area contributed by atoms with E-state index in [2.05, 4.69) is 133 Å². The molecule has 2 heterocycles. The fourth-order valence-electron chi connectivity index (χ4n) is 7.43. The lowest BCUT2D eigenvalue weighted by Gasteiger charge is -2.16. The van der Waals surface area contributed by atoms with E-state index < -0.39 is 0 Å². The maximum atomic E-state index is 6.45. The lowest BCUT2D eigenvalue weighted by atomic mass is 9.88. The molecule has 10 aromatic rings. The van der Waals surface area contributed by atoms with Crippen molar-refractivity contribution in [3.8, 4) is 33.9 Å². The topological polar surface area (TPSA) is 51.8 Å². The van der Waals surface area contributed by atoms with E-state index in [1.807, 2.05) is 30.3 Å². The number of hydrogen-bond donors (Lipinski definition) is 0. The maximum Gasteiger partial charge on any atom is 0.163 e. The molecule has 0 aliphatic carbocycles. The highest BCUT2D eigenvalue weighted by molar-refractivity contribution is 6.16. The third kappa shape index (κ3) is 4.73. The number of rotatable bonds is 5. The molecule has 234 valence electrons. The minimum Gasteiger partial charge on any atom is -0.456 e. The summed E-state index contributed by atoms with van der Waals surface area (Å²) in [5.74, 6) is 2.01. The van der Waals surface area contributed by atoms with Crippen LogP contribution in [0.2, 0.25) is 0 Å². The summed E-state index contributed by atoms with van der Waals surface area (Å²) < 4.78 is 6.45. The monoisotopic (exact) mass is 639 g/mol. The summed E-state index contributed by atoms with van der Waals surface area (Å²) in [6, 6.07) is 57.2. The summed E-state index contributed by atoms with van der Waals surface area (Å²) in [7, 11) is 0. The number of benzene rings is 8. The van der Waals surface area contributed by atoms with Gasteiger partial charge < -0.3 is 4.42 Å². The molecule has 10 rings (SSSR count). The number of fused-ring (bicyclic) bond motifs is 7. The average molecular weight is 640 g/mol. The van der Waals surface area contributed by atoms with E-state index in [0.29, 0.717) is 23.9 Å². The van der Waals surface area contributed by atoms with Crippen molar-refractivity contribution in [1.82, 2.24) is 15.0 Å². The highest BCUT2D eigenvalue weighted by Gasteiger charge is 2.21. The van der Waals surface area contributed by atoms with Gasteiger partial charge >= 0.3 is 0 Å². The second-order valence-corrected chi connectivity index (χ2v) is 12.8. The van der Waals surface area contributed by atoms with E-state index >= 15 is 0 Å². The average Bonchev–Trinajstić information content (AvgIpc) is 3.57. The molecule has 0 spiro atoms. The lowest BCUT2D eigenvalue weighted by Crippen LogP contribution is -2.05. The van der Waals surface area contributed by atoms with E-state index in [-0.39, 0.29) is 0 Å². The van der Waals surface area contributed by atoms with E-state index in [0.717, 1.165) is 49.6 Å². The van der Waals surface area contributed by atoms with Crippen LogP contribution in [0.5, 0.6) is 0 Å². The molecule has 2 aromatic heterocycles. The van der Waals surface area contributed by atoms with Crippen LogP contribution in [-0.2, 0) is 6.42 Å². The molecular weight excluding hydrogens is 611 g/mol. The summed E-state index contributed by atoms with van der Waals surface area (Å²) in [5.41, 5.74) is 7.06. The molecule has 0 aliphatic rings. The molecule has 0 radical (unpaired) electrons. The van der Waals surface area contributed by atoms with Crippen LogP contribution in [-0.4, -0.2) is 15.0 Å². The standard InChI is InChI=1S/C46H29N3O/c1-2-13-30(14-3-1)45-47-43(48-46(49-45)33-23-22-29-12-4-5-15-31(29)26-33)28-40-37(24-25-42-44(40)38-20-10-11-21-41(38)50-42)39-27-32-16-6-7-17-34(32)35-18-8-9-19-36(35)39/h1-27H,28H2. The van der Waals surface area contributed by atoms with Crippen molar-refractivity contribution in [3.63, 3.8) is 0 Å². The van der Waals surface area contributed by atoms with Gasteiger partial charge in [-0.25, -0.2) is 15.0 Å². The number of furan rings is 1. The minimum atomic E-state index is 0.486. The van der Waals surface area contributed by atoms with Gasteiger partial charge in [-0.1, -0.05) is 140 Å². The van der Waals surface area contributed by atoms with Crippen LogP contribution in [0.3, 0.4) is 0 Å². The first kappa shape index (κ1) is 28.4. The summed E-state index contributed by atoms with van der Waals surface area (Å²) in [6.07, 6.45) is 0.486. The van der Waals surface area contributed by atoms with Crippen LogP contribution in [0.4, 0.5) is 0 Å². The first-order chi connectivity index (χ1) is 24.8. The van der Waals surface area contributed by atoms with Crippen LogP contribution in [0.15, 0.2) is 168 Å². The first-order valence-corrected chi connectivity index (χ1v) is 16.9. The molecule has 0 amide bonds. The van der Waals surface area contributed by atoms with E-state index in [1.54, 1.807) is 0 Å². The molecule has 0 saturated heterocycles. The van der Waals surface area contributed by atoms with Crippen molar-refractivity contribution in [2.24, 2.45) is 0 Å². The molecule has 0 unspecified atom stereocenters. The van der Waals surface area contributed by atoms with Crippen LogP contribution in [0.1, 0.15) is 11.4 Å². The third-order valence-electron chi connectivity index (χ3n) is 9.77. The van der Waals surface area contributed by atoms with Gasteiger partial charge in [0.25, 0.3) is 0 Å². The van der Waals surface area contributed by atoms with Crippen molar-refractivity contribution in [2.75, 3.05) is 0 Å². The van der Waals surface area contributed by atoms with Gasteiger partial charge in [0.15, 0.2) is 11.6 Å². The quantitative estimate of drug-likeness (QED) is 0.176. The summed E-state index contributed by atoms with van der Waals surface area (Å²) in [5, 5.41) is 9.38. The van der Waals surface area contributed by atoms with Gasteiger partial charge in [0, 0.05) is 28.3 Å². The van der Waals surface area contributed by atoms with Gasteiger partial charge in [0.2, 0.25) is 0 Å². The molecule has 50 heavy (non-hydrogen) atoms. The molecule has 4 nitrogen and oxygen atoms in total. The molecule has 4 heteroatoms. The van der Waals surface area contributed by atoms with Gasteiger partial charge in [-0.2, -0.15) is 0 Å². The fraction of sp³-hybridized carbons (Fsp3) is 0.0217. The predicted molar refractivity (Wildman–Crippen MR) is 205 cm³/mol. The Balaban J connectivity index is 1.24. The van der Waals surface area contributed by atoms with Crippen molar-refractivity contribution < 1.29 is 4.42 Å². The van der Waals surface area contributed by atoms with Gasteiger partial charge in [-0.15, -0.1) is 0 Å². The third-order valence-corrected chi connectivity index (χ3v) is 9.77. The van der Waals surface area contributed by atoms with E-state index in [4.69, 9.17) is 19.4 Å². The highest BCUT2D eigenvalue weighted by Crippen LogP contribution is 2.42. The zero-order valence-corrected chi connectivity index (χ0v) is 27.0. The SMILES string of the molecule is c1ccc(-c2nc(Cc3c(-c4cc5ccccc5c5ccccc45)ccc4oc5ccccc5c34)nc(-c3ccc4ccccc4c3)n2)cc1. The smallest absolute Gasteiger partial charge is 0.163 e. The van der Waals surface area contributed by atoms with Gasteiger partial charge in [0.1, 0.15) is 17.0 Å². The molecule has 0 aliphatic heterocycles. The van der Waals surface area contributed by atoms with Gasteiger partial charge in [-0.05, 0) is 73.3 Å². The molecule has 0 atom stereocenters. The Kier molecular flexibility index (Phi) is 6.53. The molecular formula is C46H29N3O. The van der Waals surface area contributed by atoms with Crippen molar-refractivity contribution in [1.29, 1.82) is 0 Å². The Morgan fingerprint density at radius 1 is 0.400 bits per heavy atom. The zero-order chi connectivity index (χ0) is 33.0. The number of nitrogens with zero attached hydrogens (tertiary/aromatic N) is 3.